The maximum atomic E-state index is 12.2. The number of hydrogen-bond acceptors (Lipinski definition) is 4. The van der Waals surface area contributed by atoms with Crippen molar-refractivity contribution in [2.24, 2.45) is 0 Å². The average molecular weight is 298 g/mol. The average Bonchev–Trinajstić information content (AvgIpc) is 2.44. The summed E-state index contributed by atoms with van der Waals surface area (Å²) >= 11 is 0. The number of nitrogen functional groups attached to an aromatic ring is 1. The number of alkyl halides is 3. The molecule has 112 valence electrons. The van der Waals surface area contributed by atoms with Crippen LogP contribution >= 0.6 is 0 Å². The molecule has 0 radical (unpaired) electrons. The van der Waals surface area contributed by atoms with Gasteiger partial charge < -0.3 is 15.2 Å². The molecule has 0 bridgehead atoms. The van der Waals surface area contributed by atoms with Crippen molar-refractivity contribution in [3.8, 4) is 22.6 Å². The highest BCUT2D eigenvalue weighted by atomic mass is 19.4. The molecule has 4 nitrogen and oxygen atoms in total. The summed E-state index contributed by atoms with van der Waals surface area (Å²) in [4.78, 5) is 3.97. The molecule has 0 atom stereocenters. The van der Waals surface area contributed by atoms with E-state index in [1.807, 2.05) is 0 Å². The molecule has 7 heteroatoms. The van der Waals surface area contributed by atoms with Gasteiger partial charge in [0.25, 0.3) is 0 Å². The molecule has 0 aliphatic heterocycles. The molecular weight excluding hydrogens is 285 g/mol. The van der Waals surface area contributed by atoms with E-state index < -0.39 is 12.8 Å². The van der Waals surface area contributed by atoms with Gasteiger partial charge in [-0.15, -0.1) is 0 Å². The second kappa shape index (κ2) is 5.90. The van der Waals surface area contributed by atoms with Crippen molar-refractivity contribution in [2.45, 2.75) is 6.18 Å². The number of anilines is 1. The number of pyridine rings is 1. The molecule has 0 aliphatic carbocycles. The van der Waals surface area contributed by atoms with Gasteiger partial charge in [0.1, 0.15) is 11.5 Å². The highest BCUT2D eigenvalue weighted by molar-refractivity contribution is 5.73. The molecule has 2 N–H and O–H groups in total. The highest BCUT2D eigenvalue weighted by Gasteiger charge is 2.28. The van der Waals surface area contributed by atoms with Crippen LogP contribution in [0.2, 0.25) is 0 Å². The molecule has 21 heavy (non-hydrogen) atoms. The Morgan fingerprint density at radius 3 is 2.67 bits per heavy atom. The predicted molar refractivity (Wildman–Crippen MR) is 72.2 cm³/mol. The summed E-state index contributed by atoms with van der Waals surface area (Å²) in [7, 11) is 1.49. The van der Waals surface area contributed by atoms with Crippen molar-refractivity contribution < 1.29 is 22.6 Å². The standard InChI is InChI=1S/C14H13F3N2O2/c1-20-13-2-3-19-7-12(13)9-4-10(18)6-11(5-9)21-8-14(15,16)17/h2-7H,8,18H2,1H3. The van der Waals surface area contributed by atoms with E-state index in [9.17, 15) is 13.2 Å². The van der Waals surface area contributed by atoms with Gasteiger partial charge in [-0.2, -0.15) is 13.2 Å². The number of halogens is 3. The number of benzene rings is 1. The lowest BCUT2D eigenvalue weighted by Crippen LogP contribution is -2.19. The van der Waals surface area contributed by atoms with Crippen LogP contribution in [-0.2, 0) is 0 Å². The normalized spacial score (nSPS) is 11.2. The van der Waals surface area contributed by atoms with E-state index in [0.717, 1.165) is 0 Å². The van der Waals surface area contributed by atoms with Crippen molar-refractivity contribution >= 4 is 5.69 Å². The lowest BCUT2D eigenvalue weighted by atomic mass is 10.1. The second-order valence-corrected chi connectivity index (χ2v) is 4.27. The molecule has 0 fully saturated rings. The van der Waals surface area contributed by atoms with Crippen molar-refractivity contribution in [1.82, 2.24) is 4.98 Å². The Hall–Kier alpha value is -2.44. The maximum Gasteiger partial charge on any atom is 0.422 e. The summed E-state index contributed by atoms with van der Waals surface area (Å²) in [6.45, 7) is -1.37. The fourth-order valence-corrected chi connectivity index (χ4v) is 1.80. The first-order chi connectivity index (χ1) is 9.89. The zero-order valence-corrected chi connectivity index (χ0v) is 11.1. The Bertz CT molecular complexity index is 630. The summed E-state index contributed by atoms with van der Waals surface area (Å²) in [5.41, 5.74) is 7.17. The number of rotatable bonds is 4. The van der Waals surface area contributed by atoms with Gasteiger partial charge >= 0.3 is 6.18 Å². The summed E-state index contributed by atoms with van der Waals surface area (Å²) < 4.78 is 46.5. The van der Waals surface area contributed by atoms with Gasteiger partial charge in [-0.1, -0.05) is 0 Å². The predicted octanol–water partition coefficient (Wildman–Crippen LogP) is 3.28. The molecule has 1 aromatic heterocycles. The molecule has 1 aromatic carbocycles. The van der Waals surface area contributed by atoms with Crippen LogP contribution in [0.25, 0.3) is 11.1 Å². The minimum absolute atomic E-state index is 0.0354. The lowest BCUT2D eigenvalue weighted by Gasteiger charge is -2.13. The van der Waals surface area contributed by atoms with Crippen LogP contribution < -0.4 is 15.2 Å². The Balaban J connectivity index is 2.34. The topological polar surface area (TPSA) is 57.4 Å². The molecule has 0 saturated heterocycles. The van der Waals surface area contributed by atoms with E-state index >= 15 is 0 Å². The molecule has 0 spiro atoms. The van der Waals surface area contributed by atoms with E-state index in [-0.39, 0.29) is 11.4 Å². The minimum atomic E-state index is -4.41. The monoisotopic (exact) mass is 298 g/mol. The molecule has 0 aliphatic rings. The van der Waals surface area contributed by atoms with Crippen LogP contribution in [0.5, 0.6) is 11.5 Å². The van der Waals surface area contributed by atoms with Crippen molar-refractivity contribution in [1.29, 1.82) is 0 Å². The van der Waals surface area contributed by atoms with Crippen LogP contribution in [-0.4, -0.2) is 24.9 Å². The summed E-state index contributed by atoms with van der Waals surface area (Å²) in [6.07, 6.45) is -1.31. The third kappa shape index (κ3) is 4.01. The first-order valence-corrected chi connectivity index (χ1v) is 5.97. The summed E-state index contributed by atoms with van der Waals surface area (Å²) in [6, 6.07) is 6.05. The van der Waals surface area contributed by atoms with Gasteiger partial charge in [-0.3, -0.25) is 4.98 Å². The van der Waals surface area contributed by atoms with Gasteiger partial charge in [-0.05, 0) is 23.8 Å². The minimum Gasteiger partial charge on any atom is -0.496 e. The van der Waals surface area contributed by atoms with Crippen LogP contribution in [0.4, 0.5) is 18.9 Å². The van der Waals surface area contributed by atoms with Gasteiger partial charge in [-0.25, -0.2) is 0 Å². The second-order valence-electron chi connectivity index (χ2n) is 4.27. The van der Waals surface area contributed by atoms with Gasteiger partial charge in [0.2, 0.25) is 0 Å². The SMILES string of the molecule is COc1ccncc1-c1cc(N)cc(OCC(F)(F)F)c1. The molecule has 2 rings (SSSR count). The fraction of sp³-hybridized carbons (Fsp3) is 0.214. The lowest BCUT2D eigenvalue weighted by molar-refractivity contribution is -0.153. The summed E-state index contributed by atoms with van der Waals surface area (Å²) in [5, 5.41) is 0. The van der Waals surface area contributed by atoms with Crippen molar-refractivity contribution in [3.05, 3.63) is 36.7 Å². The molecule has 0 saturated carbocycles. The van der Waals surface area contributed by atoms with Gasteiger partial charge in [0.15, 0.2) is 6.61 Å². The van der Waals surface area contributed by atoms with Gasteiger partial charge in [0, 0.05) is 29.7 Å². The zero-order chi connectivity index (χ0) is 15.5. The fourth-order valence-electron chi connectivity index (χ4n) is 1.80. The van der Waals surface area contributed by atoms with E-state index in [2.05, 4.69) is 4.98 Å². The molecule has 2 aromatic rings. The summed E-state index contributed by atoms with van der Waals surface area (Å²) in [5.74, 6) is 0.575. The van der Waals surface area contributed by atoms with Crippen LogP contribution in [0.15, 0.2) is 36.7 Å². The van der Waals surface area contributed by atoms with Crippen molar-refractivity contribution in [2.75, 3.05) is 19.5 Å². The van der Waals surface area contributed by atoms with E-state index in [1.165, 1.54) is 19.2 Å². The number of ether oxygens (including phenoxy) is 2. The molecule has 1 heterocycles. The number of methoxy groups -OCH3 is 1. The number of nitrogens with two attached hydrogens (primary N) is 1. The number of nitrogens with zero attached hydrogens (tertiary/aromatic N) is 1. The Morgan fingerprint density at radius 2 is 2.00 bits per heavy atom. The quantitative estimate of drug-likeness (QED) is 0.880. The molecule has 0 unspecified atom stereocenters. The van der Waals surface area contributed by atoms with Crippen LogP contribution in [0.1, 0.15) is 0 Å². The van der Waals surface area contributed by atoms with E-state index in [0.29, 0.717) is 16.9 Å². The van der Waals surface area contributed by atoms with Crippen molar-refractivity contribution in [3.63, 3.8) is 0 Å². The largest absolute Gasteiger partial charge is 0.496 e. The number of aromatic nitrogens is 1. The highest BCUT2D eigenvalue weighted by Crippen LogP contribution is 2.33. The third-order valence-corrected chi connectivity index (χ3v) is 2.64. The van der Waals surface area contributed by atoms with E-state index in [4.69, 9.17) is 15.2 Å². The smallest absolute Gasteiger partial charge is 0.422 e. The van der Waals surface area contributed by atoms with Crippen LogP contribution in [0, 0.1) is 0 Å². The van der Waals surface area contributed by atoms with Gasteiger partial charge in [0.05, 0.1) is 7.11 Å². The third-order valence-electron chi connectivity index (χ3n) is 2.64. The maximum absolute atomic E-state index is 12.2. The van der Waals surface area contributed by atoms with Crippen LogP contribution in [0.3, 0.4) is 0 Å². The van der Waals surface area contributed by atoms with E-state index in [1.54, 1.807) is 24.5 Å². The zero-order valence-electron chi connectivity index (χ0n) is 11.1. The Kier molecular flexibility index (Phi) is 4.21. The molecular formula is C14H13F3N2O2. The Morgan fingerprint density at radius 1 is 1.24 bits per heavy atom. The first-order valence-electron chi connectivity index (χ1n) is 5.97. The number of hydrogen-bond donors (Lipinski definition) is 1. The molecule has 0 amide bonds. The first kappa shape index (κ1) is 15.0. The Labute approximate surface area is 119 Å².